The van der Waals surface area contributed by atoms with Crippen molar-refractivity contribution >= 4 is 23.4 Å². The predicted octanol–water partition coefficient (Wildman–Crippen LogP) is 4.00. The van der Waals surface area contributed by atoms with Gasteiger partial charge in [0.25, 0.3) is 0 Å². The Kier molecular flexibility index (Phi) is 6.82. The van der Waals surface area contributed by atoms with E-state index < -0.39 is 0 Å². The van der Waals surface area contributed by atoms with Crippen molar-refractivity contribution in [2.24, 2.45) is 0 Å². The molecule has 2 aromatic carbocycles. The highest BCUT2D eigenvalue weighted by molar-refractivity contribution is 7.99. The summed E-state index contributed by atoms with van der Waals surface area (Å²) >= 11 is 1.37. The second kappa shape index (κ2) is 9.72. The van der Waals surface area contributed by atoms with Gasteiger partial charge in [0.2, 0.25) is 5.91 Å². The lowest BCUT2D eigenvalue weighted by molar-refractivity contribution is -0.116. The second-order valence-electron chi connectivity index (χ2n) is 5.99. The number of thioether (sulfide) groups is 1. The minimum Gasteiger partial charge on any atom is -0.311 e. The number of amides is 1. The molecule has 1 aromatic heterocycles. The molecule has 28 heavy (non-hydrogen) atoms. The van der Waals surface area contributed by atoms with E-state index in [4.69, 9.17) is 5.26 Å². The lowest BCUT2D eigenvalue weighted by Gasteiger charge is -2.21. The highest BCUT2D eigenvalue weighted by Crippen LogP contribution is 2.25. The zero-order chi connectivity index (χ0) is 19.8. The number of para-hydroxylation sites is 1. The maximum Gasteiger partial charge on any atom is 0.237 e. The third kappa shape index (κ3) is 4.59. The van der Waals surface area contributed by atoms with Crippen LogP contribution in [0.3, 0.4) is 0 Å². The summed E-state index contributed by atoms with van der Waals surface area (Å²) in [6, 6.07) is 21.4. The minimum atomic E-state index is -0.0571. The topological polar surface area (TPSA) is 74.8 Å². The maximum atomic E-state index is 12.8. The average Bonchev–Trinajstić information content (AvgIpc) is 3.17. The van der Waals surface area contributed by atoms with Gasteiger partial charge in [-0.1, -0.05) is 60.3 Å². The molecule has 0 bridgehead atoms. The number of carbonyl (C=O) groups excluding carboxylic acids is 1. The summed E-state index contributed by atoms with van der Waals surface area (Å²) in [5.41, 5.74) is 1.79. The van der Waals surface area contributed by atoms with Crippen LogP contribution in [0.4, 0.5) is 5.69 Å². The summed E-state index contributed by atoms with van der Waals surface area (Å²) in [6.07, 6.45) is 0.286. The molecule has 6 nitrogen and oxygen atoms in total. The van der Waals surface area contributed by atoms with Crippen LogP contribution in [-0.4, -0.2) is 33.0 Å². The highest BCUT2D eigenvalue weighted by Gasteiger charge is 2.18. The van der Waals surface area contributed by atoms with Gasteiger partial charge in [0, 0.05) is 24.3 Å². The van der Waals surface area contributed by atoms with Gasteiger partial charge in [0.1, 0.15) is 0 Å². The number of benzene rings is 2. The van der Waals surface area contributed by atoms with E-state index in [0.29, 0.717) is 18.2 Å². The largest absolute Gasteiger partial charge is 0.311 e. The Morgan fingerprint density at radius 2 is 1.79 bits per heavy atom. The molecule has 3 aromatic rings. The molecule has 0 aliphatic carbocycles. The van der Waals surface area contributed by atoms with Crippen molar-refractivity contribution in [3.63, 3.8) is 0 Å². The fourth-order valence-corrected chi connectivity index (χ4v) is 3.73. The van der Waals surface area contributed by atoms with E-state index >= 15 is 0 Å². The Morgan fingerprint density at radius 3 is 2.43 bits per heavy atom. The van der Waals surface area contributed by atoms with Gasteiger partial charge in [0.15, 0.2) is 11.0 Å². The summed E-state index contributed by atoms with van der Waals surface area (Å²) in [5, 5.41) is 18.2. The van der Waals surface area contributed by atoms with Crippen LogP contribution in [0.15, 0.2) is 65.8 Å². The molecule has 7 heteroatoms. The van der Waals surface area contributed by atoms with Crippen molar-refractivity contribution in [2.75, 3.05) is 17.2 Å². The van der Waals surface area contributed by atoms with Gasteiger partial charge in [-0.05, 0) is 19.1 Å². The Morgan fingerprint density at radius 1 is 1.11 bits per heavy atom. The molecule has 0 spiro atoms. The quantitative estimate of drug-likeness (QED) is 0.543. The molecule has 0 aliphatic rings. The van der Waals surface area contributed by atoms with E-state index in [1.54, 1.807) is 4.90 Å². The first-order chi connectivity index (χ1) is 13.7. The smallest absolute Gasteiger partial charge is 0.237 e. The van der Waals surface area contributed by atoms with Crippen molar-refractivity contribution in [2.45, 2.75) is 25.0 Å². The van der Waals surface area contributed by atoms with Crippen LogP contribution in [0.25, 0.3) is 11.4 Å². The van der Waals surface area contributed by atoms with Crippen LogP contribution in [0.1, 0.15) is 13.3 Å². The molecule has 0 aliphatic heterocycles. The van der Waals surface area contributed by atoms with Crippen LogP contribution in [-0.2, 0) is 11.3 Å². The number of hydrogen-bond acceptors (Lipinski definition) is 5. The molecule has 0 fully saturated rings. The standard InChI is InChI=1S/C21H21N5OS/c1-2-25-20(17-10-5-3-6-11-17)23-24-21(25)28-16-19(27)26(15-9-14-22)18-12-7-4-8-13-18/h3-8,10-13H,2,9,15-16H2,1H3. The fourth-order valence-electron chi connectivity index (χ4n) is 2.85. The molecule has 0 N–H and O–H groups in total. The first-order valence-corrected chi connectivity index (χ1v) is 10.1. The van der Waals surface area contributed by atoms with Crippen molar-refractivity contribution in [3.8, 4) is 17.5 Å². The molecular weight excluding hydrogens is 370 g/mol. The van der Waals surface area contributed by atoms with Crippen LogP contribution >= 0.6 is 11.8 Å². The first kappa shape index (κ1) is 19.6. The number of nitrogens with zero attached hydrogens (tertiary/aromatic N) is 5. The van der Waals surface area contributed by atoms with E-state index in [1.165, 1.54) is 11.8 Å². The van der Waals surface area contributed by atoms with Gasteiger partial charge in [0.05, 0.1) is 18.2 Å². The van der Waals surface area contributed by atoms with E-state index in [-0.39, 0.29) is 18.1 Å². The van der Waals surface area contributed by atoms with Gasteiger partial charge in [-0.2, -0.15) is 5.26 Å². The summed E-state index contributed by atoms with van der Waals surface area (Å²) in [5.74, 6) is 0.966. The SMILES string of the molecule is CCn1c(SCC(=O)N(CCC#N)c2ccccc2)nnc1-c1ccccc1. The third-order valence-corrected chi connectivity index (χ3v) is 5.16. The van der Waals surface area contributed by atoms with Gasteiger partial charge in [-0.3, -0.25) is 4.79 Å². The normalized spacial score (nSPS) is 10.4. The van der Waals surface area contributed by atoms with Crippen LogP contribution in [0.2, 0.25) is 0 Å². The zero-order valence-electron chi connectivity index (χ0n) is 15.7. The zero-order valence-corrected chi connectivity index (χ0v) is 16.5. The van der Waals surface area contributed by atoms with Gasteiger partial charge < -0.3 is 9.47 Å². The molecule has 1 heterocycles. The molecule has 0 radical (unpaired) electrons. The van der Waals surface area contributed by atoms with E-state index in [1.807, 2.05) is 72.2 Å². The van der Waals surface area contributed by atoms with Crippen molar-refractivity contribution in [1.29, 1.82) is 5.26 Å². The molecule has 3 rings (SSSR count). The number of hydrogen-bond donors (Lipinski definition) is 0. The molecule has 1 amide bonds. The minimum absolute atomic E-state index is 0.0571. The molecule has 0 saturated heterocycles. The van der Waals surface area contributed by atoms with Crippen LogP contribution in [0, 0.1) is 11.3 Å². The number of rotatable bonds is 8. The average molecular weight is 392 g/mol. The second-order valence-corrected chi connectivity index (χ2v) is 6.94. The lowest BCUT2D eigenvalue weighted by Crippen LogP contribution is -2.33. The van der Waals surface area contributed by atoms with E-state index in [2.05, 4.69) is 16.3 Å². The van der Waals surface area contributed by atoms with Gasteiger partial charge in [-0.25, -0.2) is 0 Å². The molecule has 142 valence electrons. The van der Waals surface area contributed by atoms with Crippen LogP contribution < -0.4 is 4.90 Å². The van der Waals surface area contributed by atoms with Gasteiger partial charge in [-0.15, -0.1) is 10.2 Å². The summed E-state index contributed by atoms with van der Waals surface area (Å²) < 4.78 is 2.01. The maximum absolute atomic E-state index is 12.8. The van der Waals surface area contributed by atoms with Crippen molar-refractivity contribution < 1.29 is 4.79 Å². The molecule has 0 saturated carbocycles. The summed E-state index contributed by atoms with van der Waals surface area (Å²) in [4.78, 5) is 14.5. The van der Waals surface area contributed by atoms with E-state index in [0.717, 1.165) is 17.1 Å². The van der Waals surface area contributed by atoms with Crippen molar-refractivity contribution in [1.82, 2.24) is 14.8 Å². The summed E-state index contributed by atoms with van der Waals surface area (Å²) in [6.45, 7) is 3.12. The first-order valence-electron chi connectivity index (χ1n) is 9.08. The number of nitriles is 1. The third-order valence-electron chi connectivity index (χ3n) is 4.21. The molecular formula is C21H21N5OS. The van der Waals surface area contributed by atoms with Gasteiger partial charge >= 0.3 is 0 Å². The van der Waals surface area contributed by atoms with E-state index in [9.17, 15) is 4.79 Å². The number of aromatic nitrogens is 3. The fraction of sp³-hybridized carbons (Fsp3) is 0.238. The predicted molar refractivity (Wildman–Crippen MR) is 111 cm³/mol. The number of carbonyl (C=O) groups is 1. The Bertz CT molecular complexity index is 950. The van der Waals surface area contributed by atoms with Crippen molar-refractivity contribution in [3.05, 3.63) is 60.7 Å². The monoisotopic (exact) mass is 391 g/mol. The molecule has 0 atom stereocenters. The Labute approximate surface area is 168 Å². The Balaban J connectivity index is 1.74. The highest BCUT2D eigenvalue weighted by atomic mass is 32.2. The lowest BCUT2D eigenvalue weighted by atomic mass is 10.2. The molecule has 0 unspecified atom stereocenters. The Hall–Kier alpha value is -3.11. The summed E-state index contributed by atoms with van der Waals surface area (Å²) in [7, 11) is 0. The van der Waals surface area contributed by atoms with Crippen LogP contribution in [0.5, 0.6) is 0 Å². The number of anilines is 1.